The first-order valence-corrected chi connectivity index (χ1v) is 10.5. The molecule has 2 aromatic carbocycles. The maximum atomic E-state index is 12.1. The number of aliphatic hydroxyl groups excluding tert-OH is 1. The molecule has 0 spiro atoms. The van der Waals surface area contributed by atoms with Crippen LogP contribution in [0.25, 0.3) is 0 Å². The van der Waals surface area contributed by atoms with Gasteiger partial charge < -0.3 is 15.5 Å². The van der Waals surface area contributed by atoms with Gasteiger partial charge in [-0.2, -0.15) is 0 Å². The monoisotopic (exact) mass is 412 g/mol. The van der Waals surface area contributed by atoms with Gasteiger partial charge in [-0.3, -0.25) is 4.90 Å². The number of β-amino-alcohol motifs (C(OH)–C–C–N with tert-alkyl or cyclic N) is 1. The van der Waals surface area contributed by atoms with Gasteiger partial charge in [0.15, 0.2) is 0 Å². The molecular weight excluding hydrogens is 376 g/mol. The molecule has 164 valence electrons. The fourth-order valence-corrected chi connectivity index (χ4v) is 3.87. The lowest BCUT2D eigenvalue weighted by Gasteiger charge is -2.42. The second-order valence-electron chi connectivity index (χ2n) is 9.57. The number of carboxylic acid groups (broad SMARTS) is 1. The van der Waals surface area contributed by atoms with Crippen molar-refractivity contribution in [2.24, 2.45) is 0 Å². The summed E-state index contributed by atoms with van der Waals surface area (Å²) in [4.78, 5) is 13.5. The predicted octanol–water partition coefficient (Wildman–Crippen LogP) is 4.35. The van der Waals surface area contributed by atoms with Crippen molar-refractivity contribution < 1.29 is 15.0 Å². The first kappa shape index (κ1) is 23.9. The molecule has 2 aromatic rings. The minimum absolute atomic E-state index is 0.241. The Balaban J connectivity index is 2.17. The van der Waals surface area contributed by atoms with E-state index in [9.17, 15) is 15.0 Å². The van der Waals surface area contributed by atoms with E-state index in [-0.39, 0.29) is 5.54 Å². The van der Waals surface area contributed by atoms with Gasteiger partial charge >= 0.3 is 6.09 Å². The first-order valence-electron chi connectivity index (χ1n) is 10.5. The van der Waals surface area contributed by atoms with E-state index in [1.807, 2.05) is 69.3 Å². The molecule has 1 amide bonds. The Bertz CT molecular complexity index is 785. The van der Waals surface area contributed by atoms with Crippen LogP contribution in [-0.4, -0.2) is 51.0 Å². The zero-order valence-electron chi connectivity index (χ0n) is 18.8. The molecule has 30 heavy (non-hydrogen) atoms. The van der Waals surface area contributed by atoms with E-state index in [2.05, 4.69) is 31.3 Å². The number of hydrogen-bond donors (Lipinski definition) is 3. The van der Waals surface area contributed by atoms with Crippen LogP contribution in [0.15, 0.2) is 60.7 Å². The van der Waals surface area contributed by atoms with Crippen molar-refractivity contribution >= 4 is 6.09 Å². The molecular formula is C25H36N2O3. The highest BCUT2D eigenvalue weighted by Crippen LogP contribution is 2.23. The van der Waals surface area contributed by atoms with Crippen LogP contribution >= 0.6 is 0 Å². The van der Waals surface area contributed by atoms with Crippen LogP contribution in [0.2, 0.25) is 0 Å². The molecule has 0 heterocycles. The minimum atomic E-state index is -1.02. The van der Waals surface area contributed by atoms with Crippen molar-refractivity contribution in [3.63, 3.8) is 0 Å². The van der Waals surface area contributed by atoms with Crippen molar-refractivity contribution in [1.29, 1.82) is 0 Å². The smallest absolute Gasteiger partial charge is 0.408 e. The molecule has 0 aliphatic heterocycles. The molecule has 0 aliphatic rings. The predicted molar refractivity (Wildman–Crippen MR) is 122 cm³/mol. The molecule has 5 nitrogen and oxygen atoms in total. The zero-order chi connectivity index (χ0) is 22.4. The van der Waals surface area contributed by atoms with Gasteiger partial charge in [0, 0.05) is 17.6 Å². The van der Waals surface area contributed by atoms with Crippen molar-refractivity contribution in [2.45, 2.75) is 70.7 Å². The number of benzene rings is 2. The van der Waals surface area contributed by atoms with Crippen LogP contribution in [0.1, 0.15) is 45.7 Å². The lowest BCUT2D eigenvalue weighted by molar-refractivity contribution is 0.00554. The summed E-state index contributed by atoms with van der Waals surface area (Å²) in [6, 6.07) is 19.4. The third kappa shape index (κ3) is 7.15. The van der Waals surface area contributed by atoms with E-state index in [0.29, 0.717) is 13.0 Å². The van der Waals surface area contributed by atoms with Crippen LogP contribution in [0.4, 0.5) is 4.79 Å². The molecule has 3 N–H and O–H groups in total. The number of nitrogens with zero attached hydrogens (tertiary/aromatic N) is 1. The Hall–Kier alpha value is -2.37. The van der Waals surface area contributed by atoms with Gasteiger partial charge in [-0.15, -0.1) is 0 Å². The molecule has 0 saturated carbocycles. The Labute approximate surface area is 180 Å². The fraction of sp³-hybridized carbons (Fsp3) is 0.480. The van der Waals surface area contributed by atoms with Gasteiger partial charge in [0.25, 0.3) is 0 Å². The topological polar surface area (TPSA) is 72.8 Å². The number of nitrogens with one attached hydrogen (secondary N) is 1. The molecule has 0 radical (unpaired) electrons. The third-order valence-corrected chi connectivity index (χ3v) is 5.27. The highest BCUT2D eigenvalue weighted by molar-refractivity contribution is 5.66. The fourth-order valence-electron chi connectivity index (χ4n) is 3.87. The summed E-state index contributed by atoms with van der Waals surface area (Å²) in [5, 5.41) is 24.5. The van der Waals surface area contributed by atoms with Crippen molar-refractivity contribution in [1.82, 2.24) is 10.2 Å². The summed E-state index contributed by atoms with van der Waals surface area (Å²) in [5.41, 5.74) is 1.34. The van der Waals surface area contributed by atoms with Crippen LogP contribution in [-0.2, 0) is 12.8 Å². The lowest BCUT2D eigenvalue weighted by atomic mass is 9.92. The average molecular weight is 413 g/mol. The van der Waals surface area contributed by atoms with Gasteiger partial charge in [0.05, 0.1) is 12.1 Å². The summed E-state index contributed by atoms with van der Waals surface area (Å²) in [6.45, 7) is 10.1. The Morgan fingerprint density at radius 1 is 0.933 bits per heavy atom. The normalized spacial score (nSPS) is 14.2. The molecule has 0 aromatic heterocycles. The minimum Gasteiger partial charge on any atom is -0.465 e. The van der Waals surface area contributed by atoms with E-state index in [0.717, 1.165) is 12.0 Å². The second-order valence-corrected chi connectivity index (χ2v) is 9.57. The molecule has 2 rings (SSSR count). The van der Waals surface area contributed by atoms with Crippen molar-refractivity contribution in [2.75, 3.05) is 6.54 Å². The highest BCUT2D eigenvalue weighted by atomic mass is 16.4. The summed E-state index contributed by atoms with van der Waals surface area (Å²) in [7, 11) is 0. The third-order valence-electron chi connectivity index (χ3n) is 5.27. The lowest BCUT2D eigenvalue weighted by Crippen LogP contribution is -2.59. The molecule has 0 bridgehead atoms. The maximum absolute atomic E-state index is 12.1. The van der Waals surface area contributed by atoms with Crippen LogP contribution in [0.3, 0.4) is 0 Å². The summed E-state index contributed by atoms with van der Waals surface area (Å²) in [5.74, 6) is 0. The van der Waals surface area contributed by atoms with E-state index >= 15 is 0 Å². The van der Waals surface area contributed by atoms with Gasteiger partial charge in [0.2, 0.25) is 0 Å². The van der Waals surface area contributed by atoms with Crippen molar-refractivity contribution in [3.05, 3.63) is 71.8 Å². The average Bonchev–Trinajstić information content (AvgIpc) is 2.65. The molecule has 0 saturated heterocycles. The van der Waals surface area contributed by atoms with Crippen LogP contribution < -0.4 is 5.32 Å². The largest absolute Gasteiger partial charge is 0.465 e. The van der Waals surface area contributed by atoms with E-state index < -0.39 is 23.8 Å². The Kier molecular flexibility index (Phi) is 8.04. The quantitative estimate of drug-likeness (QED) is 0.573. The van der Waals surface area contributed by atoms with Gasteiger partial charge in [-0.05, 0) is 58.6 Å². The maximum Gasteiger partial charge on any atom is 0.408 e. The Morgan fingerprint density at radius 2 is 1.43 bits per heavy atom. The molecule has 5 heteroatoms. The van der Waals surface area contributed by atoms with E-state index in [4.69, 9.17) is 0 Å². The SMILES string of the molecule is CC(C)(Cc1ccccc1)NC[C@@H](O)[C@H](Cc1ccccc1)N(C(=O)O)C(C)(C)C. The highest BCUT2D eigenvalue weighted by Gasteiger charge is 2.37. The summed E-state index contributed by atoms with van der Waals surface area (Å²) < 4.78 is 0. The van der Waals surface area contributed by atoms with E-state index in [1.54, 1.807) is 0 Å². The van der Waals surface area contributed by atoms with Crippen LogP contribution in [0, 0.1) is 0 Å². The molecule has 2 atom stereocenters. The second kappa shape index (κ2) is 10.1. The number of carbonyl (C=O) groups is 1. The van der Waals surface area contributed by atoms with Crippen LogP contribution in [0.5, 0.6) is 0 Å². The van der Waals surface area contributed by atoms with Gasteiger partial charge in [-0.25, -0.2) is 4.79 Å². The number of hydrogen-bond acceptors (Lipinski definition) is 3. The summed E-state index contributed by atoms with van der Waals surface area (Å²) >= 11 is 0. The van der Waals surface area contributed by atoms with Gasteiger partial charge in [-0.1, -0.05) is 60.7 Å². The number of amides is 1. The first-order chi connectivity index (χ1) is 14.0. The molecule has 0 fully saturated rings. The van der Waals surface area contributed by atoms with E-state index in [1.165, 1.54) is 10.5 Å². The number of aliphatic hydroxyl groups is 1. The Morgan fingerprint density at radius 3 is 1.90 bits per heavy atom. The number of rotatable bonds is 9. The van der Waals surface area contributed by atoms with Crippen molar-refractivity contribution in [3.8, 4) is 0 Å². The van der Waals surface area contributed by atoms with Gasteiger partial charge in [0.1, 0.15) is 0 Å². The summed E-state index contributed by atoms with van der Waals surface area (Å²) in [6.07, 6.45) is -0.611. The molecule has 0 aliphatic carbocycles. The standard InChI is InChI=1S/C25H36N2O3/c1-24(2,3)27(23(29)30)21(16-19-12-8-6-9-13-19)22(28)18-26-25(4,5)17-20-14-10-7-11-15-20/h6-15,21-22,26,28H,16-18H2,1-5H3,(H,29,30)/t21-,22+/m0/s1. The molecule has 0 unspecified atom stereocenters. The zero-order valence-corrected chi connectivity index (χ0v) is 18.8.